The van der Waals surface area contributed by atoms with Crippen LogP contribution < -0.4 is 10.9 Å². The van der Waals surface area contributed by atoms with E-state index >= 15 is 0 Å². The van der Waals surface area contributed by atoms with Crippen LogP contribution >= 0.6 is 0 Å². The van der Waals surface area contributed by atoms with Gasteiger partial charge in [0.25, 0.3) is 5.56 Å². The number of amides is 1. The first-order valence-electron chi connectivity index (χ1n) is 8.02. The summed E-state index contributed by atoms with van der Waals surface area (Å²) in [5.74, 6) is -2.26. The van der Waals surface area contributed by atoms with Gasteiger partial charge in [-0.2, -0.15) is 0 Å². The van der Waals surface area contributed by atoms with Crippen molar-refractivity contribution < 1.29 is 13.6 Å². The molecule has 3 rings (SSSR count). The highest BCUT2D eigenvalue weighted by Crippen LogP contribution is 2.16. The van der Waals surface area contributed by atoms with Gasteiger partial charge in [-0.15, -0.1) is 5.10 Å². The summed E-state index contributed by atoms with van der Waals surface area (Å²) in [4.78, 5) is 24.4. The van der Waals surface area contributed by atoms with E-state index in [2.05, 4.69) is 15.6 Å². The molecule has 0 saturated heterocycles. The third-order valence-electron chi connectivity index (χ3n) is 4.00. The van der Waals surface area contributed by atoms with Gasteiger partial charge in [0.2, 0.25) is 5.91 Å². The van der Waals surface area contributed by atoms with Crippen LogP contribution in [0.15, 0.2) is 47.3 Å². The minimum absolute atomic E-state index is 0.000936. The van der Waals surface area contributed by atoms with Crippen molar-refractivity contribution >= 4 is 16.8 Å². The van der Waals surface area contributed by atoms with Gasteiger partial charge in [0.05, 0.1) is 18.0 Å². The van der Waals surface area contributed by atoms with Gasteiger partial charge in [-0.05, 0) is 36.8 Å². The van der Waals surface area contributed by atoms with Crippen LogP contribution in [0.1, 0.15) is 24.9 Å². The summed E-state index contributed by atoms with van der Waals surface area (Å²) in [6, 6.07) is 9.77. The summed E-state index contributed by atoms with van der Waals surface area (Å²) in [5, 5.41) is 10.9. The second-order valence-corrected chi connectivity index (χ2v) is 5.85. The summed E-state index contributed by atoms with van der Waals surface area (Å²) < 4.78 is 27.4. The van der Waals surface area contributed by atoms with Crippen LogP contribution in [0.4, 0.5) is 8.78 Å². The van der Waals surface area contributed by atoms with Crippen molar-refractivity contribution in [3.63, 3.8) is 0 Å². The molecule has 2 aromatic carbocycles. The van der Waals surface area contributed by atoms with Crippen LogP contribution in [0.3, 0.4) is 0 Å². The first-order valence-corrected chi connectivity index (χ1v) is 8.02. The lowest BCUT2D eigenvalue weighted by Crippen LogP contribution is -2.30. The Morgan fingerprint density at radius 2 is 1.96 bits per heavy atom. The summed E-state index contributed by atoms with van der Waals surface area (Å²) in [6.07, 6.45) is 0.000936. The van der Waals surface area contributed by atoms with Crippen molar-refractivity contribution in [2.45, 2.75) is 25.9 Å². The molecule has 1 amide bonds. The number of nitrogens with one attached hydrogen (secondary N) is 1. The molecule has 1 atom stereocenters. The van der Waals surface area contributed by atoms with Gasteiger partial charge in [0.1, 0.15) is 5.52 Å². The number of halogens is 2. The lowest BCUT2D eigenvalue weighted by atomic mass is 10.1. The Balaban J connectivity index is 1.64. The summed E-state index contributed by atoms with van der Waals surface area (Å²) in [5.41, 5.74) is 0.613. The van der Waals surface area contributed by atoms with Crippen LogP contribution in [0.2, 0.25) is 0 Å². The number of aryl methyl sites for hydroxylation is 1. The van der Waals surface area contributed by atoms with Crippen molar-refractivity contribution in [1.29, 1.82) is 0 Å². The van der Waals surface area contributed by atoms with Crippen molar-refractivity contribution in [3.05, 3.63) is 70.0 Å². The van der Waals surface area contributed by atoms with E-state index in [1.165, 1.54) is 6.07 Å². The van der Waals surface area contributed by atoms with Gasteiger partial charge < -0.3 is 5.32 Å². The van der Waals surface area contributed by atoms with E-state index in [0.29, 0.717) is 16.5 Å². The molecule has 0 aliphatic heterocycles. The maximum atomic E-state index is 13.3. The fourth-order valence-corrected chi connectivity index (χ4v) is 2.56. The second kappa shape index (κ2) is 7.38. The van der Waals surface area contributed by atoms with Crippen molar-refractivity contribution in [2.24, 2.45) is 0 Å². The fraction of sp³-hybridized carbons (Fsp3) is 0.222. The van der Waals surface area contributed by atoms with E-state index in [4.69, 9.17) is 0 Å². The smallest absolute Gasteiger partial charge is 0.277 e. The zero-order chi connectivity index (χ0) is 18.7. The number of carbonyl (C=O) groups excluding carboxylic acids is 1. The minimum atomic E-state index is -0.971. The number of rotatable bonds is 5. The molecule has 1 aromatic heterocycles. The molecule has 8 heteroatoms. The Bertz CT molecular complexity index is 1020. The number of carbonyl (C=O) groups is 1. The van der Waals surface area contributed by atoms with Crippen LogP contribution in [-0.2, 0) is 11.3 Å². The largest absolute Gasteiger partial charge is 0.350 e. The number of hydrogen-bond acceptors (Lipinski definition) is 4. The Labute approximate surface area is 147 Å². The number of hydrogen-bond donors (Lipinski definition) is 1. The molecule has 0 radical (unpaired) electrons. The number of benzene rings is 2. The molecule has 0 saturated carbocycles. The Morgan fingerprint density at radius 3 is 2.73 bits per heavy atom. The molecule has 26 heavy (non-hydrogen) atoms. The fourth-order valence-electron chi connectivity index (χ4n) is 2.56. The lowest BCUT2D eigenvalue weighted by Gasteiger charge is -2.14. The van der Waals surface area contributed by atoms with E-state index in [1.54, 1.807) is 31.2 Å². The van der Waals surface area contributed by atoms with Crippen LogP contribution in [-0.4, -0.2) is 20.9 Å². The van der Waals surface area contributed by atoms with Crippen molar-refractivity contribution in [2.75, 3.05) is 0 Å². The summed E-state index contributed by atoms with van der Waals surface area (Å²) in [7, 11) is 0. The molecule has 6 nitrogen and oxygen atoms in total. The molecule has 1 N–H and O–H groups in total. The normalized spacial score (nSPS) is 12.1. The number of aromatic nitrogens is 3. The molecular formula is C18H16F2N4O2. The lowest BCUT2D eigenvalue weighted by molar-refractivity contribution is -0.122. The van der Waals surface area contributed by atoms with Crippen molar-refractivity contribution in [1.82, 2.24) is 20.3 Å². The highest BCUT2D eigenvalue weighted by molar-refractivity contribution is 5.77. The maximum absolute atomic E-state index is 13.3. The highest BCUT2D eigenvalue weighted by atomic mass is 19.2. The van der Waals surface area contributed by atoms with Crippen LogP contribution in [0, 0.1) is 11.6 Å². The van der Waals surface area contributed by atoms with E-state index in [0.717, 1.165) is 16.8 Å². The van der Waals surface area contributed by atoms with E-state index in [-0.39, 0.29) is 24.4 Å². The summed E-state index contributed by atoms with van der Waals surface area (Å²) in [6.45, 7) is 1.72. The predicted octanol–water partition coefficient (Wildman–Crippen LogP) is 2.34. The predicted molar refractivity (Wildman–Crippen MR) is 91.3 cm³/mol. The number of fused-ring (bicyclic) bond motifs is 1. The minimum Gasteiger partial charge on any atom is -0.350 e. The molecule has 0 aliphatic rings. The van der Waals surface area contributed by atoms with Crippen LogP contribution in [0.5, 0.6) is 0 Å². The van der Waals surface area contributed by atoms with Gasteiger partial charge >= 0.3 is 0 Å². The Kier molecular flexibility index (Phi) is 5.01. The summed E-state index contributed by atoms with van der Waals surface area (Å²) >= 11 is 0. The molecule has 0 fully saturated rings. The Hall–Kier alpha value is -3.16. The monoisotopic (exact) mass is 358 g/mol. The van der Waals surface area contributed by atoms with Gasteiger partial charge in [0.15, 0.2) is 11.6 Å². The quantitative estimate of drug-likeness (QED) is 0.759. The van der Waals surface area contributed by atoms with Crippen LogP contribution in [0.25, 0.3) is 10.9 Å². The maximum Gasteiger partial charge on any atom is 0.277 e. The molecule has 1 heterocycles. The van der Waals surface area contributed by atoms with E-state index in [9.17, 15) is 18.4 Å². The highest BCUT2D eigenvalue weighted by Gasteiger charge is 2.13. The zero-order valence-electron chi connectivity index (χ0n) is 13.9. The Morgan fingerprint density at radius 1 is 1.19 bits per heavy atom. The molecule has 0 aliphatic carbocycles. The number of nitrogens with zero attached hydrogens (tertiary/aromatic N) is 3. The van der Waals surface area contributed by atoms with E-state index < -0.39 is 17.7 Å². The van der Waals surface area contributed by atoms with Gasteiger partial charge in [-0.3, -0.25) is 9.59 Å². The van der Waals surface area contributed by atoms with Gasteiger partial charge in [-0.1, -0.05) is 23.4 Å². The molecule has 0 spiro atoms. The third-order valence-corrected chi connectivity index (χ3v) is 4.00. The standard InChI is InChI=1S/C18H16F2N4O2/c1-11(12-6-7-14(19)15(20)10-12)21-17(25)8-9-24-18(26)13-4-2-3-5-16(13)22-23-24/h2-7,10-11H,8-9H2,1H3,(H,21,25). The SMILES string of the molecule is CC(NC(=O)CCn1nnc2ccccc2c1=O)c1ccc(F)c(F)c1. The van der Waals surface area contributed by atoms with Gasteiger partial charge in [-0.25, -0.2) is 13.5 Å². The molecule has 1 unspecified atom stereocenters. The molecular weight excluding hydrogens is 342 g/mol. The second-order valence-electron chi connectivity index (χ2n) is 5.85. The molecule has 3 aromatic rings. The molecule has 0 bridgehead atoms. The third kappa shape index (κ3) is 3.74. The topological polar surface area (TPSA) is 76.9 Å². The first kappa shape index (κ1) is 17.7. The average molecular weight is 358 g/mol. The first-order chi connectivity index (χ1) is 12.5. The molecule has 134 valence electrons. The average Bonchev–Trinajstić information content (AvgIpc) is 2.63. The zero-order valence-corrected chi connectivity index (χ0v) is 13.9. The van der Waals surface area contributed by atoms with Gasteiger partial charge in [0, 0.05) is 6.42 Å². The van der Waals surface area contributed by atoms with E-state index in [1.807, 2.05) is 0 Å². The van der Waals surface area contributed by atoms with Crippen molar-refractivity contribution in [3.8, 4) is 0 Å².